The van der Waals surface area contributed by atoms with Crippen LogP contribution in [-0.4, -0.2) is 30.8 Å². The van der Waals surface area contributed by atoms with E-state index in [0.717, 1.165) is 5.56 Å². The molecule has 0 radical (unpaired) electrons. The van der Waals surface area contributed by atoms with Crippen LogP contribution in [0.25, 0.3) is 0 Å². The van der Waals surface area contributed by atoms with Gasteiger partial charge in [-0.1, -0.05) is 0 Å². The number of carbonyl (C=O) groups is 2. The van der Waals surface area contributed by atoms with Gasteiger partial charge in [0.2, 0.25) is 0 Å². The lowest BCUT2D eigenvalue weighted by Gasteiger charge is -2.14. The molecule has 1 aromatic rings. The molecule has 0 fully saturated rings. The maximum atomic E-state index is 11.6. The van der Waals surface area contributed by atoms with E-state index >= 15 is 0 Å². The molecule has 0 bridgehead atoms. The van der Waals surface area contributed by atoms with Crippen LogP contribution >= 0.6 is 0 Å². The van der Waals surface area contributed by atoms with E-state index in [-0.39, 0.29) is 18.8 Å². The van der Waals surface area contributed by atoms with Crippen LogP contribution in [0, 0.1) is 6.92 Å². The van der Waals surface area contributed by atoms with Crippen molar-refractivity contribution >= 4 is 11.9 Å². The average Bonchev–Trinajstić information content (AvgIpc) is 2.80. The quantitative estimate of drug-likeness (QED) is 0.661. The number of benzene rings is 1. The van der Waals surface area contributed by atoms with Gasteiger partial charge in [-0.15, -0.1) is 0 Å². The topological polar surface area (TPSA) is 82.1 Å². The van der Waals surface area contributed by atoms with Crippen molar-refractivity contribution in [2.75, 3.05) is 13.7 Å². The second-order valence-corrected chi connectivity index (χ2v) is 4.64. The lowest BCUT2D eigenvalue weighted by Crippen LogP contribution is -2.04. The van der Waals surface area contributed by atoms with Gasteiger partial charge in [0, 0.05) is 16.7 Å². The zero-order valence-electron chi connectivity index (χ0n) is 12.1. The highest BCUT2D eigenvalue weighted by Gasteiger charge is 2.28. The number of methoxy groups -OCH3 is 1. The predicted molar refractivity (Wildman–Crippen MR) is 73.7 cm³/mol. The molecule has 0 saturated carbocycles. The number of hydrogen-bond donors (Lipinski definition) is 1. The van der Waals surface area contributed by atoms with Crippen LogP contribution in [0.4, 0.5) is 0 Å². The summed E-state index contributed by atoms with van der Waals surface area (Å²) < 4.78 is 15.9. The summed E-state index contributed by atoms with van der Waals surface area (Å²) in [5, 5.41) is 8.77. The fraction of sp³-hybridized carbons (Fsp3) is 0.333. The van der Waals surface area contributed by atoms with Crippen molar-refractivity contribution in [2.24, 2.45) is 0 Å². The molecule has 0 spiro atoms. The summed E-state index contributed by atoms with van der Waals surface area (Å²) in [7, 11) is 1.52. The van der Waals surface area contributed by atoms with Gasteiger partial charge in [0.15, 0.2) is 0 Å². The maximum Gasteiger partial charge on any atom is 0.339 e. The Morgan fingerprint density at radius 2 is 2.24 bits per heavy atom. The van der Waals surface area contributed by atoms with Gasteiger partial charge in [0.25, 0.3) is 0 Å². The monoisotopic (exact) mass is 292 g/mol. The normalized spacial score (nSPS) is 13.7. The minimum absolute atomic E-state index is 0.0932. The summed E-state index contributed by atoms with van der Waals surface area (Å²) in [6.45, 7) is 3.58. The lowest BCUT2D eigenvalue weighted by molar-refractivity contribution is -0.132. The third-order valence-corrected chi connectivity index (χ3v) is 3.32. The van der Waals surface area contributed by atoms with E-state index in [9.17, 15) is 9.59 Å². The molecule has 1 N–H and O–H groups in total. The first kappa shape index (κ1) is 14.9. The Morgan fingerprint density at radius 3 is 2.86 bits per heavy atom. The number of carboxylic acid groups (broad SMARTS) is 1. The summed E-state index contributed by atoms with van der Waals surface area (Å²) in [6.07, 6.45) is 1.46. The minimum Gasteiger partial charge on any atom is -0.496 e. The molecular weight excluding hydrogens is 276 g/mol. The molecule has 1 aliphatic heterocycles. The van der Waals surface area contributed by atoms with Crippen molar-refractivity contribution in [3.8, 4) is 11.5 Å². The molecule has 112 valence electrons. The summed E-state index contributed by atoms with van der Waals surface area (Å²) in [4.78, 5) is 22.3. The zero-order valence-corrected chi connectivity index (χ0v) is 12.1. The Balaban J connectivity index is 2.29. The standard InChI is InChI=1S/C15H16O6/c1-8(14(16)17)4-5-20-12-6-10-11(7-21-15(10)18)13(19-3)9(12)2/h4,6H,5,7H2,1-3H3,(H,16,17)/b8-4+. The van der Waals surface area contributed by atoms with Gasteiger partial charge in [-0.3, -0.25) is 0 Å². The van der Waals surface area contributed by atoms with Crippen molar-refractivity contribution in [2.45, 2.75) is 20.5 Å². The molecule has 21 heavy (non-hydrogen) atoms. The Kier molecular flexibility index (Phi) is 4.16. The molecule has 0 saturated heterocycles. The van der Waals surface area contributed by atoms with Crippen LogP contribution in [0.15, 0.2) is 17.7 Å². The Morgan fingerprint density at radius 1 is 1.52 bits per heavy atom. The van der Waals surface area contributed by atoms with Crippen LogP contribution in [-0.2, 0) is 16.1 Å². The van der Waals surface area contributed by atoms with Crippen molar-refractivity contribution in [3.05, 3.63) is 34.4 Å². The van der Waals surface area contributed by atoms with Crippen LogP contribution in [0.3, 0.4) is 0 Å². The van der Waals surface area contributed by atoms with Crippen LogP contribution in [0.2, 0.25) is 0 Å². The molecule has 2 rings (SSSR count). The summed E-state index contributed by atoms with van der Waals surface area (Å²) in [5.41, 5.74) is 2.08. The van der Waals surface area contributed by atoms with Crippen molar-refractivity contribution < 1.29 is 28.9 Å². The smallest absolute Gasteiger partial charge is 0.339 e. The number of hydrogen-bond acceptors (Lipinski definition) is 5. The number of fused-ring (bicyclic) bond motifs is 1. The van der Waals surface area contributed by atoms with E-state index in [0.29, 0.717) is 22.6 Å². The first-order valence-electron chi connectivity index (χ1n) is 6.36. The second kappa shape index (κ2) is 5.87. The minimum atomic E-state index is -0.995. The van der Waals surface area contributed by atoms with E-state index in [1.165, 1.54) is 20.1 Å². The number of ether oxygens (including phenoxy) is 3. The highest BCUT2D eigenvalue weighted by atomic mass is 16.5. The highest BCUT2D eigenvalue weighted by molar-refractivity contribution is 5.95. The number of rotatable bonds is 5. The number of carboxylic acids is 1. The molecule has 1 aliphatic rings. The average molecular weight is 292 g/mol. The Bertz CT molecular complexity index is 630. The molecule has 0 unspecified atom stereocenters. The molecule has 6 nitrogen and oxygen atoms in total. The first-order chi connectivity index (χ1) is 9.95. The number of carbonyl (C=O) groups excluding carboxylic acids is 1. The van der Waals surface area contributed by atoms with Gasteiger partial charge in [-0.2, -0.15) is 0 Å². The molecule has 0 atom stereocenters. The fourth-order valence-electron chi connectivity index (χ4n) is 2.10. The summed E-state index contributed by atoms with van der Waals surface area (Å²) in [5.74, 6) is -0.373. The molecule has 1 aromatic carbocycles. The van der Waals surface area contributed by atoms with E-state index in [1.807, 2.05) is 6.92 Å². The van der Waals surface area contributed by atoms with Gasteiger partial charge in [0.1, 0.15) is 24.7 Å². The molecule has 0 aromatic heterocycles. The Hall–Kier alpha value is -2.50. The number of aliphatic carboxylic acids is 1. The van der Waals surface area contributed by atoms with Gasteiger partial charge >= 0.3 is 11.9 Å². The number of esters is 1. The van der Waals surface area contributed by atoms with Crippen LogP contribution < -0.4 is 9.47 Å². The first-order valence-corrected chi connectivity index (χ1v) is 6.36. The second-order valence-electron chi connectivity index (χ2n) is 4.64. The number of cyclic esters (lactones) is 1. The van der Waals surface area contributed by atoms with Crippen molar-refractivity contribution in [3.63, 3.8) is 0 Å². The van der Waals surface area contributed by atoms with E-state index < -0.39 is 11.9 Å². The molecule has 1 heterocycles. The summed E-state index contributed by atoms with van der Waals surface area (Å²) >= 11 is 0. The Labute approximate surface area is 121 Å². The lowest BCUT2D eigenvalue weighted by atomic mass is 10.0. The van der Waals surface area contributed by atoms with Crippen molar-refractivity contribution in [1.82, 2.24) is 0 Å². The van der Waals surface area contributed by atoms with Gasteiger partial charge in [-0.25, -0.2) is 9.59 Å². The van der Waals surface area contributed by atoms with E-state index in [2.05, 4.69) is 0 Å². The summed E-state index contributed by atoms with van der Waals surface area (Å²) in [6, 6.07) is 1.60. The molecule has 6 heteroatoms. The van der Waals surface area contributed by atoms with Gasteiger partial charge in [-0.05, 0) is 26.0 Å². The van der Waals surface area contributed by atoms with Crippen LogP contribution in [0.1, 0.15) is 28.4 Å². The SMILES string of the molecule is COc1c(C)c(OC/C=C(\C)C(=O)O)cc2c1COC2=O. The molecular formula is C15H16O6. The molecule has 0 aliphatic carbocycles. The highest BCUT2D eigenvalue weighted by Crippen LogP contribution is 2.38. The van der Waals surface area contributed by atoms with E-state index in [4.69, 9.17) is 19.3 Å². The van der Waals surface area contributed by atoms with Crippen molar-refractivity contribution in [1.29, 1.82) is 0 Å². The third kappa shape index (κ3) is 2.84. The maximum absolute atomic E-state index is 11.6. The predicted octanol–water partition coefficient (Wildman–Crippen LogP) is 2.08. The fourth-order valence-corrected chi connectivity index (χ4v) is 2.10. The van der Waals surface area contributed by atoms with E-state index in [1.54, 1.807) is 6.07 Å². The van der Waals surface area contributed by atoms with Gasteiger partial charge in [0.05, 0.1) is 12.7 Å². The zero-order chi connectivity index (χ0) is 15.6. The van der Waals surface area contributed by atoms with Gasteiger partial charge < -0.3 is 19.3 Å². The third-order valence-electron chi connectivity index (χ3n) is 3.32. The largest absolute Gasteiger partial charge is 0.496 e. The van der Waals surface area contributed by atoms with Crippen LogP contribution in [0.5, 0.6) is 11.5 Å². The molecule has 0 amide bonds.